The number of aliphatic carboxylic acids is 1. The highest BCUT2D eigenvalue weighted by Gasteiger charge is 2.34. The molecular weight excluding hydrogens is 366 g/mol. The first kappa shape index (κ1) is 18.7. The van der Waals surface area contributed by atoms with Crippen molar-refractivity contribution in [2.45, 2.75) is 13.0 Å². The molecule has 0 bridgehead atoms. The molecule has 138 valence electrons. The highest BCUT2D eigenvalue weighted by atomic mass is 32.2. The molecule has 0 N–H and O–H groups in total. The molecule has 0 aromatic heterocycles. The zero-order chi connectivity index (χ0) is 19.2. The number of carboxylic acid groups (broad SMARTS) is 1. The molecule has 1 saturated heterocycles. The number of rotatable bonds is 7. The molecule has 2 aromatic rings. The topological polar surface area (TPSA) is 86.7 Å². The number of amides is 2. The van der Waals surface area contributed by atoms with Crippen molar-refractivity contribution >= 4 is 35.0 Å². The molecule has 1 aliphatic rings. The molecule has 2 aromatic carbocycles. The van der Waals surface area contributed by atoms with Gasteiger partial charge >= 0.3 is 0 Å². The normalized spacial score (nSPS) is 15.4. The van der Waals surface area contributed by atoms with Gasteiger partial charge in [0.15, 0.2) is 0 Å². The van der Waals surface area contributed by atoms with Crippen LogP contribution in [0.5, 0.6) is 5.75 Å². The van der Waals surface area contributed by atoms with Gasteiger partial charge in [0.05, 0.1) is 4.91 Å². The molecule has 7 heteroatoms. The Kier molecular flexibility index (Phi) is 5.93. The van der Waals surface area contributed by atoms with Crippen molar-refractivity contribution in [3.8, 4) is 5.75 Å². The number of hydrogen-bond acceptors (Lipinski definition) is 6. The zero-order valence-corrected chi connectivity index (χ0v) is 15.1. The summed E-state index contributed by atoms with van der Waals surface area (Å²) in [6.07, 6.45) is 1.23. The third-order valence-electron chi connectivity index (χ3n) is 3.84. The fourth-order valence-corrected chi connectivity index (χ4v) is 3.31. The number of nitrogens with zero attached hydrogens (tertiary/aromatic N) is 1. The second kappa shape index (κ2) is 8.55. The van der Waals surface area contributed by atoms with Crippen molar-refractivity contribution in [3.05, 3.63) is 70.6 Å². The monoisotopic (exact) mass is 382 g/mol. The molecule has 6 nitrogen and oxygen atoms in total. The third kappa shape index (κ3) is 4.98. The van der Waals surface area contributed by atoms with Gasteiger partial charge in [0.1, 0.15) is 12.4 Å². The first-order chi connectivity index (χ1) is 13.0. The highest BCUT2D eigenvalue weighted by molar-refractivity contribution is 8.18. The van der Waals surface area contributed by atoms with Crippen LogP contribution >= 0.6 is 11.8 Å². The van der Waals surface area contributed by atoms with Crippen molar-refractivity contribution in [1.29, 1.82) is 0 Å². The lowest BCUT2D eigenvalue weighted by Crippen LogP contribution is -2.33. The van der Waals surface area contributed by atoms with E-state index in [1.807, 2.05) is 30.3 Å². The molecule has 0 unspecified atom stereocenters. The average Bonchev–Trinajstić information content (AvgIpc) is 2.93. The van der Waals surface area contributed by atoms with Gasteiger partial charge < -0.3 is 14.6 Å². The maximum Gasteiger partial charge on any atom is 0.293 e. The Hall–Kier alpha value is -3.06. The molecule has 3 rings (SSSR count). The van der Waals surface area contributed by atoms with Gasteiger partial charge in [-0.25, -0.2) is 0 Å². The van der Waals surface area contributed by atoms with Crippen molar-refractivity contribution in [2.75, 3.05) is 6.54 Å². The summed E-state index contributed by atoms with van der Waals surface area (Å²) in [6.45, 7) is 0.272. The van der Waals surface area contributed by atoms with E-state index in [0.717, 1.165) is 27.8 Å². The Balaban J connectivity index is 1.62. The number of imide groups is 1. The summed E-state index contributed by atoms with van der Waals surface area (Å²) in [4.78, 5) is 35.8. The summed E-state index contributed by atoms with van der Waals surface area (Å²) < 4.78 is 5.71. The quantitative estimate of drug-likeness (QED) is 0.684. The van der Waals surface area contributed by atoms with E-state index in [1.54, 1.807) is 30.3 Å². The van der Waals surface area contributed by atoms with Crippen LogP contribution in [0.1, 0.15) is 17.5 Å². The van der Waals surface area contributed by atoms with Gasteiger partial charge in [-0.1, -0.05) is 42.5 Å². The van der Waals surface area contributed by atoms with Crippen LogP contribution in [0, 0.1) is 0 Å². The Morgan fingerprint density at radius 3 is 2.44 bits per heavy atom. The average molecular weight is 382 g/mol. The third-order valence-corrected chi connectivity index (χ3v) is 4.75. The van der Waals surface area contributed by atoms with Gasteiger partial charge in [-0.05, 0) is 41.1 Å². The predicted molar refractivity (Wildman–Crippen MR) is 99.5 cm³/mol. The van der Waals surface area contributed by atoms with Gasteiger partial charge in [0.25, 0.3) is 11.1 Å². The number of benzene rings is 2. The van der Waals surface area contributed by atoms with Gasteiger partial charge in [-0.2, -0.15) is 0 Å². The second-order valence-corrected chi connectivity index (χ2v) is 6.79. The SMILES string of the molecule is O=C([O-])CCN1C(=O)S/C(=C\c2ccc(OCc3ccccc3)cc2)C1=O. The molecule has 0 spiro atoms. The van der Waals surface area contributed by atoms with Crippen molar-refractivity contribution in [2.24, 2.45) is 0 Å². The molecule has 1 heterocycles. The largest absolute Gasteiger partial charge is 0.550 e. The summed E-state index contributed by atoms with van der Waals surface area (Å²) in [5, 5.41) is 10.0. The van der Waals surface area contributed by atoms with Crippen LogP contribution < -0.4 is 9.84 Å². The van der Waals surface area contributed by atoms with Gasteiger partial charge in [0.2, 0.25) is 0 Å². The summed E-state index contributed by atoms with van der Waals surface area (Å²) in [7, 11) is 0. The standard InChI is InChI=1S/C20H17NO5S/c22-18(23)10-11-21-19(24)17(27-20(21)25)12-14-6-8-16(9-7-14)26-13-15-4-2-1-3-5-15/h1-9,12H,10-11,13H2,(H,22,23)/p-1/b17-12-. The highest BCUT2D eigenvalue weighted by Crippen LogP contribution is 2.32. The van der Waals surface area contributed by atoms with Crippen LogP contribution in [0.2, 0.25) is 0 Å². The van der Waals surface area contributed by atoms with Crippen molar-refractivity contribution < 1.29 is 24.2 Å². The van der Waals surface area contributed by atoms with E-state index < -0.39 is 17.1 Å². The number of ether oxygens (including phenoxy) is 1. The molecule has 1 aliphatic heterocycles. The van der Waals surface area contributed by atoms with Crippen molar-refractivity contribution in [3.63, 3.8) is 0 Å². The minimum atomic E-state index is -1.30. The molecular formula is C20H16NO5S-. The fourth-order valence-electron chi connectivity index (χ4n) is 2.45. The van der Waals surface area contributed by atoms with Crippen LogP contribution in [-0.4, -0.2) is 28.6 Å². The summed E-state index contributed by atoms with van der Waals surface area (Å²) in [6, 6.07) is 16.9. The number of carbonyl (C=O) groups excluding carboxylic acids is 3. The van der Waals surface area contributed by atoms with Crippen LogP contribution in [0.4, 0.5) is 4.79 Å². The molecule has 0 saturated carbocycles. The number of carbonyl (C=O) groups is 3. The molecule has 0 aliphatic carbocycles. The van der Waals surface area contributed by atoms with Gasteiger partial charge in [-0.15, -0.1) is 0 Å². The van der Waals surface area contributed by atoms with E-state index in [1.165, 1.54) is 0 Å². The predicted octanol–water partition coefficient (Wildman–Crippen LogP) is 2.44. The zero-order valence-electron chi connectivity index (χ0n) is 14.3. The van der Waals surface area contributed by atoms with Crippen LogP contribution in [0.15, 0.2) is 59.5 Å². The molecule has 27 heavy (non-hydrogen) atoms. The van der Waals surface area contributed by atoms with E-state index >= 15 is 0 Å². The second-order valence-electron chi connectivity index (χ2n) is 5.80. The smallest absolute Gasteiger partial charge is 0.293 e. The van der Waals surface area contributed by atoms with Crippen LogP contribution in [0.3, 0.4) is 0 Å². The number of carboxylic acids is 1. The van der Waals surface area contributed by atoms with E-state index in [9.17, 15) is 19.5 Å². The minimum Gasteiger partial charge on any atom is -0.550 e. The van der Waals surface area contributed by atoms with Crippen LogP contribution in [0.25, 0.3) is 6.08 Å². The maximum atomic E-state index is 12.2. The lowest BCUT2D eigenvalue weighted by molar-refractivity contribution is -0.305. The summed E-state index contributed by atoms with van der Waals surface area (Å²) in [5.41, 5.74) is 1.80. The fraction of sp³-hybridized carbons (Fsp3) is 0.150. The van der Waals surface area contributed by atoms with E-state index in [4.69, 9.17) is 4.74 Å². The van der Waals surface area contributed by atoms with Gasteiger partial charge in [-0.3, -0.25) is 14.5 Å². The number of hydrogen-bond donors (Lipinski definition) is 0. The molecule has 0 radical (unpaired) electrons. The lowest BCUT2D eigenvalue weighted by Gasteiger charge is -2.12. The van der Waals surface area contributed by atoms with Crippen molar-refractivity contribution in [1.82, 2.24) is 4.90 Å². The first-order valence-electron chi connectivity index (χ1n) is 8.25. The van der Waals surface area contributed by atoms with E-state index in [2.05, 4.69) is 0 Å². The van der Waals surface area contributed by atoms with E-state index in [-0.39, 0.29) is 17.9 Å². The van der Waals surface area contributed by atoms with Crippen LogP contribution in [-0.2, 0) is 16.2 Å². The summed E-state index contributed by atoms with van der Waals surface area (Å²) in [5.74, 6) is -1.10. The maximum absolute atomic E-state index is 12.2. The molecule has 2 amide bonds. The lowest BCUT2D eigenvalue weighted by atomic mass is 10.2. The van der Waals surface area contributed by atoms with Gasteiger partial charge in [0, 0.05) is 18.9 Å². The Labute approximate surface area is 160 Å². The molecule has 0 atom stereocenters. The first-order valence-corrected chi connectivity index (χ1v) is 9.06. The number of thioether (sulfide) groups is 1. The Morgan fingerprint density at radius 1 is 1.07 bits per heavy atom. The summed E-state index contributed by atoms with van der Waals surface area (Å²) >= 11 is 0.794. The minimum absolute atomic E-state index is 0.184. The Morgan fingerprint density at radius 2 is 1.78 bits per heavy atom. The Bertz CT molecular complexity index is 877. The van der Waals surface area contributed by atoms with E-state index in [0.29, 0.717) is 12.4 Å². The molecule has 1 fully saturated rings.